The van der Waals surface area contributed by atoms with E-state index in [-0.39, 0.29) is 6.54 Å². The van der Waals surface area contributed by atoms with Crippen molar-refractivity contribution in [1.29, 1.82) is 0 Å². The van der Waals surface area contributed by atoms with Gasteiger partial charge in [-0.1, -0.05) is 22.0 Å². The molecule has 3 nitrogen and oxygen atoms in total. The number of nitrogens with one attached hydrogen (secondary N) is 1. The molecule has 4 heteroatoms. The van der Waals surface area contributed by atoms with Crippen LogP contribution in [0.1, 0.15) is 12.0 Å². The van der Waals surface area contributed by atoms with Crippen molar-refractivity contribution < 1.29 is 5.11 Å². The molecular formula is C10H13BrN2O. The fourth-order valence-corrected chi connectivity index (χ4v) is 2.18. The van der Waals surface area contributed by atoms with Crippen molar-refractivity contribution in [2.24, 2.45) is 5.73 Å². The molecule has 0 saturated carbocycles. The van der Waals surface area contributed by atoms with Crippen LogP contribution in [0.3, 0.4) is 0 Å². The molecule has 1 aliphatic heterocycles. The van der Waals surface area contributed by atoms with Gasteiger partial charge in [0, 0.05) is 28.8 Å². The molecule has 0 spiro atoms. The first-order chi connectivity index (χ1) is 6.65. The van der Waals surface area contributed by atoms with Gasteiger partial charge in [-0.05, 0) is 18.6 Å². The van der Waals surface area contributed by atoms with E-state index in [0.29, 0.717) is 6.42 Å². The summed E-state index contributed by atoms with van der Waals surface area (Å²) in [5, 5.41) is 13.5. The number of fused-ring (bicyclic) bond motifs is 1. The molecule has 1 unspecified atom stereocenters. The minimum Gasteiger partial charge on any atom is -0.385 e. The Balaban J connectivity index is 2.50. The van der Waals surface area contributed by atoms with Crippen molar-refractivity contribution in [3.05, 3.63) is 28.2 Å². The molecule has 2 rings (SSSR count). The molecule has 1 atom stereocenters. The van der Waals surface area contributed by atoms with Crippen molar-refractivity contribution in [3.63, 3.8) is 0 Å². The molecule has 0 fully saturated rings. The Hall–Kier alpha value is -0.580. The lowest BCUT2D eigenvalue weighted by atomic mass is 9.86. The molecule has 0 bridgehead atoms. The molecule has 0 saturated heterocycles. The van der Waals surface area contributed by atoms with E-state index in [1.54, 1.807) is 0 Å². The second kappa shape index (κ2) is 3.53. The van der Waals surface area contributed by atoms with E-state index in [4.69, 9.17) is 5.73 Å². The molecule has 1 heterocycles. The van der Waals surface area contributed by atoms with Gasteiger partial charge in [0.1, 0.15) is 5.60 Å². The monoisotopic (exact) mass is 256 g/mol. The second-order valence-electron chi connectivity index (χ2n) is 3.60. The Morgan fingerprint density at radius 3 is 3.07 bits per heavy atom. The summed E-state index contributed by atoms with van der Waals surface area (Å²) in [5.41, 5.74) is 6.61. The van der Waals surface area contributed by atoms with E-state index in [2.05, 4.69) is 21.2 Å². The van der Waals surface area contributed by atoms with Crippen LogP contribution in [-0.2, 0) is 5.60 Å². The molecule has 14 heavy (non-hydrogen) atoms. The van der Waals surface area contributed by atoms with Gasteiger partial charge in [-0.2, -0.15) is 0 Å². The van der Waals surface area contributed by atoms with Gasteiger partial charge in [0.05, 0.1) is 0 Å². The number of hydrogen-bond acceptors (Lipinski definition) is 3. The summed E-state index contributed by atoms with van der Waals surface area (Å²) >= 11 is 3.40. The Morgan fingerprint density at radius 1 is 1.57 bits per heavy atom. The zero-order valence-corrected chi connectivity index (χ0v) is 9.34. The van der Waals surface area contributed by atoms with Crippen LogP contribution in [0.25, 0.3) is 0 Å². The lowest BCUT2D eigenvalue weighted by molar-refractivity contribution is 0.0377. The summed E-state index contributed by atoms with van der Waals surface area (Å²) < 4.78 is 1.00. The van der Waals surface area contributed by atoms with E-state index >= 15 is 0 Å². The highest BCUT2D eigenvalue weighted by molar-refractivity contribution is 9.10. The molecule has 0 amide bonds. The third-order valence-electron chi connectivity index (χ3n) is 2.67. The highest BCUT2D eigenvalue weighted by atomic mass is 79.9. The van der Waals surface area contributed by atoms with Crippen molar-refractivity contribution in [2.45, 2.75) is 12.0 Å². The van der Waals surface area contributed by atoms with E-state index in [1.165, 1.54) is 0 Å². The predicted octanol–water partition coefficient (Wildman–Crippen LogP) is 1.41. The quantitative estimate of drug-likeness (QED) is 0.713. The molecule has 0 aliphatic carbocycles. The van der Waals surface area contributed by atoms with Crippen LogP contribution in [0.2, 0.25) is 0 Å². The van der Waals surface area contributed by atoms with E-state index < -0.39 is 5.60 Å². The fraction of sp³-hybridized carbons (Fsp3) is 0.400. The van der Waals surface area contributed by atoms with Crippen LogP contribution in [0.5, 0.6) is 0 Å². The Kier molecular flexibility index (Phi) is 2.51. The molecule has 0 aromatic heterocycles. The number of hydrogen-bond donors (Lipinski definition) is 3. The lowest BCUT2D eigenvalue weighted by Gasteiger charge is -2.34. The van der Waals surface area contributed by atoms with Gasteiger partial charge in [-0.25, -0.2) is 0 Å². The lowest BCUT2D eigenvalue weighted by Crippen LogP contribution is -2.40. The summed E-state index contributed by atoms with van der Waals surface area (Å²) in [5.74, 6) is 0. The van der Waals surface area contributed by atoms with E-state index in [9.17, 15) is 5.11 Å². The minimum atomic E-state index is -0.860. The maximum absolute atomic E-state index is 10.2. The average molecular weight is 257 g/mol. The molecule has 76 valence electrons. The number of benzene rings is 1. The van der Waals surface area contributed by atoms with Crippen molar-refractivity contribution in [2.75, 3.05) is 18.4 Å². The smallest absolute Gasteiger partial charge is 0.105 e. The van der Waals surface area contributed by atoms with Crippen molar-refractivity contribution in [3.8, 4) is 0 Å². The van der Waals surface area contributed by atoms with E-state index in [0.717, 1.165) is 22.3 Å². The van der Waals surface area contributed by atoms with Crippen LogP contribution in [0, 0.1) is 0 Å². The number of anilines is 1. The highest BCUT2D eigenvalue weighted by Gasteiger charge is 2.32. The van der Waals surface area contributed by atoms with Crippen molar-refractivity contribution >= 4 is 21.6 Å². The number of halogens is 1. The van der Waals surface area contributed by atoms with Crippen LogP contribution >= 0.6 is 15.9 Å². The fourth-order valence-electron chi connectivity index (χ4n) is 1.82. The topological polar surface area (TPSA) is 58.3 Å². The largest absolute Gasteiger partial charge is 0.385 e. The Morgan fingerprint density at radius 2 is 2.36 bits per heavy atom. The molecular weight excluding hydrogens is 244 g/mol. The SMILES string of the molecule is NCC1(O)CCNc2cc(Br)ccc21. The van der Waals surface area contributed by atoms with Gasteiger partial charge in [-0.15, -0.1) is 0 Å². The van der Waals surface area contributed by atoms with Crippen molar-refractivity contribution in [1.82, 2.24) is 0 Å². The predicted molar refractivity (Wildman–Crippen MR) is 60.2 cm³/mol. The minimum absolute atomic E-state index is 0.267. The summed E-state index contributed by atoms with van der Waals surface area (Å²) in [6, 6.07) is 5.81. The normalized spacial score (nSPS) is 25.4. The Bertz CT molecular complexity index is 356. The number of rotatable bonds is 1. The van der Waals surface area contributed by atoms with E-state index in [1.807, 2.05) is 18.2 Å². The highest BCUT2D eigenvalue weighted by Crippen LogP contribution is 2.35. The number of aliphatic hydroxyl groups is 1. The summed E-state index contributed by atoms with van der Waals surface area (Å²) in [4.78, 5) is 0. The maximum atomic E-state index is 10.2. The third kappa shape index (κ3) is 1.54. The average Bonchev–Trinajstić information content (AvgIpc) is 2.18. The zero-order chi connectivity index (χ0) is 10.2. The molecule has 1 aliphatic rings. The summed E-state index contributed by atoms with van der Waals surface area (Å²) in [7, 11) is 0. The van der Waals surface area contributed by atoms with Gasteiger partial charge in [-0.3, -0.25) is 0 Å². The summed E-state index contributed by atoms with van der Waals surface area (Å²) in [6.45, 7) is 1.03. The van der Waals surface area contributed by atoms with Gasteiger partial charge < -0.3 is 16.2 Å². The second-order valence-corrected chi connectivity index (χ2v) is 4.52. The van der Waals surface area contributed by atoms with Gasteiger partial charge in [0.15, 0.2) is 0 Å². The van der Waals surface area contributed by atoms with Gasteiger partial charge in [0.2, 0.25) is 0 Å². The maximum Gasteiger partial charge on any atom is 0.105 e. The van der Waals surface area contributed by atoms with Crippen LogP contribution < -0.4 is 11.1 Å². The zero-order valence-electron chi connectivity index (χ0n) is 7.76. The molecule has 1 aromatic rings. The van der Waals surface area contributed by atoms with Gasteiger partial charge >= 0.3 is 0 Å². The van der Waals surface area contributed by atoms with Gasteiger partial charge in [0.25, 0.3) is 0 Å². The summed E-state index contributed by atoms with van der Waals surface area (Å²) in [6.07, 6.45) is 0.665. The molecule has 4 N–H and O–H groups in total. The Labute approximate surface area is 91.4 Å². The first-order valence-corrected chi connectivity index (χ1v) is 5.41. The molecule has 1 aromatic carbocycles. The first-order valence-electron chi connectivity index (χ1n) is 4.62. The number of nitrogens with two attached hydrogens (primary N) is 1. The van der Waals surface area contributed by atoms with Crippen LogP contribution in [0.4, 0.5) is 5.69 Å². The molecule has 0 radical (unpaired) electrons. The third-order valence-corrected chi connectivity index (χ3v) is 3.17. The standard InChI is InChI=1S/C10H13BrN2O/c11-7-1-2-8-9(5-7)13-4-3-10(8,14)6-12/h1-2,5,13-14H,3-4,6,12H2. The van der Waals surface area contributed by atoms with Crippen LogP contribution in [-0.4, -0.2) is 18.2 Å². The first kappa shape index (κ1) is 9.96. The van der Waals surface area contributed by atoms with Crippen LogP contribution in [0.15, 0.2) is 22.7 Å².